The van der Waals surface area contributed by atoms with Gasteiger partial charge in [-0.2, -0.15) is 0 Å². The van der Waals surface area contributed by atoms with Crippen LogP contribution in [-0.2, 0) is 6.42 Å². The molecule has 0 radical (unpaired) electrons. The predicted molar refractivity (Wildman–Crippen MR) is 38.9 cm³/mol. The summed E-state index contributed by atoms with van der Waals surface area (Å²) in [5.74, 6) is 0. The molecule has 0 amide bonds. The van der Waals surface area contributed by atoms with Gasteiger partial charge in [0.05, 0.1) is 12.5 Å². The highest BCUT2D eigenvalue weighted by Gasteiger charge is 1.98. The summed E-state index contributed by atoms with van der Waals surface area (Å²) in [5.41, 5.74) is 2.38. The first-order valence-corrected chi connectivity index (χ1v) is 3.47. The summed E-state index contributed by atoms with van der Waals surface area (Å²) >= 11 is 0. The van der Waals surface area contributed by atoms with Gasteiger partial charge in [-0.1, -0.05) is 0 Å². The van der Waals surface area contributed by atoms with E-state index in [0.717, 1.165) is 12.8 Å². The van der Waals surface area contributed by atoms with E-state index >= 15 is 0 Å². The average molecular weight is 140 g/mol. The molecule has 1 aromatic heterocycles. The maximum atomic E-state index is 8.53. The molecule has 0 saturated heterocycles. The Bertz CT molecular complexity index is 191. The fourth-order valence-corrected chi connectivity index (χ4v) is 0.912. The molecule has 0 aromatic carbocycles. The monoisotopic (exact) mass is 140 g/mol. The summed E-state index contributed by atoms with van der Waals surface area (Å²) in [6.45, 7) is 2.26. The number of aryl methyl sites for hydroxylation is 2. The maximum absolute atomic E-state index is 8.53. The smallest absolute Gasteiger partial charge is 0.0937 e. The van der Waals surface area contributed by atoms with Crippen LogP contribution in [0.25, 0.3) is 0 Å². The lowest BCUT2D eigenvalue weighted by atomic mass is 10.1. The summed E-state index contributed by atoms with van der Waals surface area (Å²) in [7, 11) is 0. The number of furan rings is 1. The molecule has 56 valence electrons. The van der Waals surface area contributed by atoms with Crippen LogP contribution in [0.3, 0.4) is 0 Å². The van der Waals surface area contributed by atoms with E-state index in [1.165, 1.54) is 11.1 Å². The third kappa shape index (κ3) is 1.61. The Balaban J connectivity index is 2.49. The molecule has 2 heteroatoms. The minimum atomic E-state index is 0.255. The zero-order valence-electron chi connectivity index (χ0n) is 6.13. The molecule has 0 saturated carbocycles. The van der Waals surface area contributed by atoms with Gasteiger partial charge in [0.25, 0.3) is 0 Å². The summed E-state index contributed by atoms with van der Waals surface area (Å²) in [6.07, 6.45) is 5.21. The quantitative estimate of drug-likeness (QED) is 0.690. The molecule has 0 spiro atoms. The van der Waals surface area contributed by atoms with Gasteiger partial charge in [-0.05, 0) is 30.9 Å². The third-order valence-electron chi connectivity index (χ3n) is 1.57. The highest BCUT2D eigenvalue weighted by molar-refractivity contribution is 5.18. The molecule has 10 heavy (non-hydrogen) atoms. The van der Waals surface area contributed by atoms with Crippen LogP contribution in [0.15, 0.2) is 16.9 Å². The number of hydrogen-bond acceptors (Lipinski definition) is 2. The first-order valence-electron chi connectivity index (χ1n) is 3.47. The van der Waals surface area contributed by atoms with Gasteiger partial charge in [0.2, 0.25) is 0 Å². The molecule has 0 unspecified atom stereocenters. The van der Waals surface area contributed by atoms with Crippen LogP contribution in [0.1, 0.15) is 17.5 Å². The normalized spacial score (nSPS) is 10.2. The zero-order valence-corrected chi connectivity index (χ0v) is 6.13. The van der Waals surface area contributed by atoms with Crippen molar-refractivity contribution in [2.75, 3.05) is 6.61 Å². The van der Waals surface area contributed by atoms with E-state index in [4.69, 9.17) is 9.52 Å². The molecule has 1 rings (SSSR count). The molecular weight excluding hydrogens is 128 g/mol. The second kappa shape index (κ2) is 3.42. The number of aliphatic hydroxyl groups excluding tert-OH is 1. The predicted octanol–water partition coefficient (Wildman–Crippen LogP) is 1.51. The summed E-state index contributed by atoms with van der Waals surface area (Å²) in [6, 6.07) is 0. The Morgan fingerprint density at radius 1 is 1.50 bits per heavy atom. The van der Waals surface area contributed by atoms with Gasteiger partial charge in [0, 0.05) is 6.61 Å². The van der Waals surface area contributed by atoms with Crippen molar-refractivity contribution in [1.29, 1.82) is 0 Å². The molecule has 2 nitrogen and oxygen atoms in total. The van der Waals surface area contributed by atoms with E-state index in [9.17, 15) is 0 Å². The van der Waals surface area contributed by atoms with E-state index in [0.29, 0.717) is 0 Å². The molecule has 1 heterocycles. The number of rotatable bonds is 3. The standard InChI is InChI=1S/C8H12O2/c1-7-5-10-6-8(7)3-2-4-9/h5-6,9H,2-4H2,1H3. The lowest BCUT2D eigenvalue weighted by Gasteiger charge is -1.93. The molecule has 0 aliphatic carbocycles. The maximum Gasteiger partial charge on any atom is 0.0937 e. The lowest BCUT2D eigenvalue weighted by molar-refractivity contribution is 0.288. The zero-order chi connectivity index (χ0) is 7.40. The van der Waals surface area contributed by atoms with Crippen molar-refractivity contribution in [3.05, 3.63) is 23.7 Å². The Morgan fingerprint density at radius 3 is 2.80 bits per heavy atom. The number of hydrogen-bond donors (Lipinski definition) is 1. The van der Waals surface area contributed by atoms with Crippen LogP contribution >= 0.6 is 0 Å². The Morgan fingerprint density at radius 2 is 2.30 bits per heavy atom. The van der Waals surface area contributed by atoms with Crippen LogP contribution in [-0.4, -0.2) is 11.7 Å². The molecule has 0 bridgehead atoms. The van der Waals surface area contributed by atoms with Crippen LogP contribution in [0.5, 0.6) is 0 Å². The van der Waals surface area contributed by atoms with Gasteiger partial charge in [-0.15, -0.1) is 0 Å². The third-order valence-corrected chi connectivity index (χ3v) is 1.57. The van der Waals surface area contributed by atoms with Crippen molar-refractivity contribution in [1.82, 2.24) is 0 Å². The first-order chi connectivity index (χ1) is 4.84. The fraction of sp³-hybridized carbons (Fsp3) is 0.500. The average Bonchev–Trinajstić information content (AvgIpc) is 2.31. The molecule has 0 aliphatic heterocycles. The second-order valence-electron chi connectivity index (χ2n) is 2.41. The van der Waals surface area contributed by atoms with Crippen molar-refractivity contribution >= 4 is 0 Å². The van der Waals surface area contributed by atoms with Crippen LogP contribution in [0.2, 0.25) is 0 Å². The van der Waals surface area contributed by atoms with Crippen LogP contribution in [0, 0.1) is 6.92 Å². The summed E-state index contributed by atoms with van der Waals surface area (Å²) in [5, 5.41) is 8.53. The lowest BCUT2D eigenvalue weighted by Crippen LogP contribution is -1.88. The van der Waals surface area contributed by atoms with Gasteiger partial charge in [0.15, 0.2) is 0 Å². The topological polar surface area (TPSA) is 33.4 Å². The van der Waals surface area contributed by atoms with Crippen molar-refractivity contribution < 1.29 is 9.52 Å². The first kappa shape index (κ1) is 7.35. The second-order valence-corrected chi connectivity index (χ2v) is 2.41. The van der Waals surface area contributed by atoms with Gasteiger partial charge in [-0.25, -0.2) is 0 Å². The van der Waals surface area contributed by atoms with Gasteiger partial charge >= 0.3 is 0 Å². The molecule has 1 N–H and O–H groups in total. The summed E-state index contributed by atoms with van der Waals surface area (Å²) in [4.78, 5) is 0. The van der Waals surface area contributed by atoms with E-state index in [2.05, 4.69) is 0 Å². The van der Waals surface area contributed by atoms with E-state index < -0.39 is 0 Å². The SMILES string of the molecule is Cc1cocc1CCCO. The van der Waals surface area contributed by atoms with E-state index in [1.54, 1.807) is 12.5 Å². The van der Waals surface area contributed by atoms with Crippen molar-refractivity contribution in [2.24, 2.45) is 0 Å². The van der Waals surface area contributed by atoms with Gasteiger partial charge in [0.1, 0.15) is 0 Å². The summed E-state index contributed by atoms with van der Waals surface area (Å²) < 4.78 is 4.96. The van der Waals surface area contributed by atoms with Crippen molar-refractivity contribution in [3.8, 4) is 0 Å². The fourth-order valence-electron chi connectivity index (χ4n) is 0.912. The minimum absolute atomic E-state index is 0.255. The Hall–Kier alpha value is -0.760. The highest BCUT2D eigenvalue weighted by atomic mass is 16.3. The van der Waals surface area contributed by atoms with Crippen LogP contribution < -0.4 is 0 Å². The minimum Gasteiger partial charge on any atom is -0.472 e. The van der Waals surface area contributed by atoms with E-state index in [-0.39, 0.29) is 6.61 Å². The Labute approximate surface area is 60.5 Å². The van der Waals surface area contributed by atoms with E-state index in [1.807, 2.05) is 6.92 Å². The van der Waals surface area contributed by atoms with Crippen LogP contribution in [0.4, 0.5) is 0 Å². The largest absolute Gasteiger partial charge is 0.472 e. The molecule has 0 atom stereocenters. The number of aliphatic hydroxyl groups is 1. The van der Waals surface area contributed by atoms with Gasteiger partial charge in [-0.3, -0.25) is 0 Å². The Kier molecular flexibility index (Phi) is 2.51. The molecule has 1 aromatic rings. The molecule has 0 fully saturated rings. The van der Waals surface area contributed by atoms with Gasteiger partial charge < -0.3 is 9.52 Å². The highest BCUT2D eigenvalue weighted by Crippen LogP contribution is 2.10. The van der Waals surface area contributed by atoms with Crippen molar-refractivity contribution in [3.63, 3.8) is 0 Å². The molecular formula is C8H12O2. The van der Waals surface area contributed by atoms with Crippen molar-refractivity contribution in [2.45, 2.75) is 19.8 Å². The molecule has 0 aliphatic rings.